The van der Waals surface area contributed by atoms with E-state index >= 15 is 0 Å². The molecule has 0 aromatic heterocycles. The van der Waals surface area contributed by atoms with Crippen molar-refractivity contribution in [1.82, 2.24) is 5.32 Å². The van der Waals surface area contributed by atoms with Gasteiger partial charge >= 0.3 is 0 Å². The fourth-order valence-corrected chi connectivity index (χ4v) is 3.88. The molecule has 1 aliphatic carbocycles. The van der Waals surface area contributed by atoms with Gasteiger partial charge in [-0.15, -0.1) is 0 Å². The van der Waals surface area contributed by atoms with Crippen LogP contribution in [0.3, 0.4) is 0 Å². The van der Waals surface area contributed by atoms with E-state index in [1.165, 1.54) is 27.8 Å². The van der Waals surface area contributed by atoms with Crippen LogP contribution >= 0.6 is 0 Å². The van der Waals surface area contributed by atoms with Crippen LogP contribution in [0, 0.1) is 13.8 Å². The van der Waals surface area contributed by atoms with Crippen LogP contribution in [0.15, 0.2) is 60.7 Å². The lowest BCUT2D eigenvalue weighted by molar-refractivity contribution is 0.152. The molecule has 2 aromatic rings. The van der Waals surface area contributed by atoms with Crippen LogP contribution < -0.4 is 5.32 Å². The van der Waals surface area contributed by atoms with E-state index in [1.54, 1.807) is 0 Å². The Morgan fingerprint density at radius 2 is 1.91 bits per heavy atom. The summed E-state index contributed by atoms with van der Waals surface area (Å²) < 4.78 is 0. The lowest BCUT2D eigenvalue weighted by atomic mass is 9.79. The zero-order valence-corrected chi connectivity index (χ0v) is 13.5. The Hall–Kier alpha value is -2.16. The molecular weight excluding hydrogens is 282 g/mol. The summed E-state index contributed by atoms with van der Waals surface area (Å²) in [5, 5.41) is 14.0. The number of aliphatic hydroxyl groups is 1. The van der Waals surface area contributed by atoms with Crippen LogP contribution in [0.25, 0.3) is 5.57 Å². The fraction of sp³-hybridized carbons (Fsp3) is 0.238. The third-order valence-electron chi connectivity index (χ3n) is 4.91. The van der Waals surface area contributed by atoms with Crippen molar-refractivity contribution in [3.05, 3.63) is 88.5 Å². The molecule has 2 aromatic carbocycles. The molecule has 4 rings (SSSR count). The smallest absolute Gasteiger partial charge is 0.0921 e. The molecule has 2 nitrogen and oxygen atoms in total. The molecule has 1 spiro atoms. The molecule has 2 atom stereocenters. The predicted molar refractivity (Wildman–Crippen MR) is 94.1 cm³/mol. The molecule has 2 aliphatic rings. The van der Waals surface area contributed by atoms with E-state index in [9.17, 15) is 5.11 Å². The van der Waals surface area contributed by atoms with E-state index < -0.39 is 6.10 Å². The van der Waals surface area contributed by atoms with Gasteiger partial charge in [0.05, 0.1) is 11.6 Å². The quantitative estimate of drug-likeness (QED) is 0.840. The second kappa shape index (κ2) is 5.19. The molecule has 23 heavy (non-hydrogen) atoms. The highest BCUT2D eigenvalue weighted by molar-refractivity contribution is 5.80. The third-order valence-corrected chi connectivity index (χ3v) is 4.91. The Balaban J connectivity index is 1.88. The maximum Gasteiger partial charge on any atom is 0.0921 e. The Kier molecular flexibility index (Phi) is 3.26. The van der Waals surface area contributed by atoms with E-state index in [4.69, 9.17) is 0 Å². The van der Waals surface area contributed by atoms with Gasteiger partial charge in [0, 0.05) is 6.54 Å². The second-order valence-corrected chi connectivity index (χ2v) is 6.61. The van der Waals surface area contributed by atoms with Crippen LogP contribution in [0.4, 0.5) is 0 Å². The second-order valence-electron chi connectivity index (χ2n) is 6.61. The van der Waals surface area contributed by atoms with Gasteiger partial charge in [-0.25, -0.2) is 0 Å². The van der Waals surface area contributed by atoms with Crippen LogP contribution in [-0.2, 0) is 5.54 Å². The van der Waals surface area contributed by atoms with Crippen molar-refractivity contribution in [3.63, 3.8) is 0 Å². The maximum absolute atomic E-state index is 10.5. The summed E-state index contributed by atoms with van der Waals surface area (Å²) >= 11 is 0. The van der Waals surface area contributed by atoms with Crippen LogP contribution in [0.2, 0.25) is 0 Å². The van der Waals surface area contributed by atoms with Crippen molar-refractivity contribution in [2.24, 2.45) is 0 Å². The van der Waals surface area contributed by atoms with Crippen LogP contribution in [-0.4, -0.2) is 11.7 Å². The van der Waals surface area contributed by atoms with Gasteiger partial charge < -0.3 is 5.11 Å². The van der Waals surface area contributed by atoms with Crippen LogP contribution in [0.1, 0.15) is 33.9 Å². The van der Waals surface area contributed by atoms with E-state index in [0.29, 0.717) is 6.54 Å². The lowest BCUT2D eigenvalue weighted by Crippen LogP contribution is -2.45. The maximum atomic E-state index is 10.5. The first-order valence-corrected chi connectivity index (χ1v) is 8.11. The van der Waals surface area contributed by atoms with Gasteiger partial charge in [0.1, 0.15) is 0 Å². The molecule has 116 valence electrons. The number of aliphatic hydroxyl groups excluding tert-OH is 1. The van der Waals surface area contributed by atoms with Crippen molar-refractivity contribution in [3.8, 4) is 0 Å². The minimum absolute atomic E-state index is 0.309. The molecule has 0 amide bonds. The minimum Gasteiger partial charge on any atom is -0.387 e. The van der Waals surface area contributed by atoms with Crippen LogP contribution in [0.5, 0.6) is 0 Å². The highest BCUT2D eigenvalue weighted by atomic mass is 16.3. The number of fused-ring (bicyclic) bond motifs is 2. The zero-order valence-electron chi connectivity index (χ0n) is 13.5. The van der Waals surface area contributed by atoms with Gasteiger partial charge in [-0.05, 0) is 47.8 Å². The third kappa shape index (κ3) is 2.26. The van der Waals surface area contributed by atoms with Gasteiger partial charge in [0.15, 0.2) is 0 Å². The first kappa shape index (κ1) is 14.4. The SMILES string of the molecule is Cc1cc(C)c2c(c1)[C@@]1(C=CC(c3ccccc3)=C1)NC[C@@H]2O. The average molecular weight is 303 g/mol. The van der Waals surface area contributed by atoms with Crippen molar-refractivity contribution in [1.29, 1.82) is 0 Å². The molecule has 2 heteroatoms. The first-order chi connectivity index (χ1) is 11.1. The van der Waals surface area contributed by atoms with E-state index in [0.717, 1.165) is 5.56 Å². The number of benzene rings is 2. The van der Waals surface area contributed by atoms with Crippen molar-refractivity contribution >= 4 is 5.57 Å². The molecule has 2 N–H and O–H groups in total. The largest absolute Gasteiger partial charge is 0.387 e. The molecule has 1 heterocycles. The standard InChI is InChI=1S/C21H21NO/c1-14-10-15(2)20-18(11-14)21(22-13-19(20)23)9-8-17(12-21)16-6-4-3-5-7-16/h3-12,19,22-23H,13H2,1-2H3/t19-,21-/m0/s1. The predicted octanol–water partition coefficient (Wildman–Crippen LogP) is 3.79. The highest BCUT2D eigenvalue weighted by Crippen LogP contribution is 2.42. The summed E-state index contributed by atoms with van der Waals surface area (Å²) in [5.74, 6) is 0. The Morgan fingerprint density at radius 3 is 2.70 bits per heavy atom. The minimum atomic E-state index is -0.446. The summed E-state index contributed by atoms with van der Waals surface area (Å²) in [4.78, 5) is 0. The summed E-state index contributed by atoms with van der Waals surface area (Å²) in [5.41, 5.74) is 6.78. The Morgan fingerprint density at radius 1 is 1.13 bits per heavy atom. The van der Waals surface area contributed by atoms with Gasteiger partial charge in [0.25, 0.3) is 0 Å². The van der Waals surface area contributed by atoms with E-state index in [-0.39, 0.29) is 5.54 Å². The van der Waals surface area contributed by atoms with Crippen molar-refractivity contribution < 1.29 is 5.11 Å². The molecule has 0 fully saturated rings. The number of hydrogen-bond acceptors (Lipinski definition) is 2. The molecular formula is C21H21NO. The summed E-state index contributed by atoms with van der Waals surface area (Å²) in [6, 6.07) is 14.8. The summed E-state index contributed by atoms with van der Waals surface area (Å²) in [6.07, 6.45) is 6.24. The number of hydrogen-bond donors (Lipinski definition) is 2. The van der Waals surface area contributed by atoms with Gasteiger partial charge in [-0.1, -0.05) is 60.2 Å². The number of allylic oxidation sites excluding steroid dienone is 2. The van der Waals surface area contributed by atoms with Gasteiger partial charge in [-0.3, -0.25) is 5.32 Å². The number of nitrogens with one attached hydrogen (secondary N) is 1. The number of aryl methyl sites for hydroxylation is 2. The van der Waals surface area contributed by atoms with Gasteiger partial charge in [0.2, 0.25) is 0 Å². The Bertz CT molecular complexity index is 819. The normalized spacial score (nSPS) is 25.5. The molecule has 0 bridgehead atoms. The average Bonchev–Trinajstić information content (AvgIpc) is 2.97. The topological polar surface area (TPSA) is 32.3 Å². The molecule has 0 radical (unpaired) electrons. The number of rotatable bonds is 1. The first-order valence-electron chi connectivity index (χ1n) is 8.11. The molecule has 1 aliphatic heterocycles. The molecule has 0 saturated heterocycles. The summed E-state index contributed by atoms with van der Waals surface area (Å²) in [6.45, 7) is 4.77. The van der Waals surface area contributed by atoms with E-state index in [1.807, 2.05) is 6.07 Å². The Labute approximate surface area is 137 Å². The van der Waals surface area contributed by atoms with Gasteiger partial charge in [-0.2, -0.15) is 0 Å². The molecule has 0 saturated carbocycles. The van der Waals surface area contributed by atoms with Crippen molar-refractivity contribution in [2.45, 2.75) is 25.5 Å². The van der Waals surface area contributed by atoms with Crippen molar-refractivity contribution in [2.75, 3.05) is 6.54 Å². The van der Waals surface area contributed by atoms with E-state index in [2.05, 4.69) is 73.8 Å². The fourth-order valence-electron chi connectivity index (χ4n) is 3.88. The molecule has 0 unspecified atom stereocenters. The lowest BCUT2D eigenvalue weighted by Gasteiger charge is -2.38. The monoisotopic (exact) mass is 303 g/mol. The highest BCUT2D eigenvalue weighted by Gasteiger charge is 2.38. The zero-order chi connectivity index (χ0) is 16.0. The summed E-state index contributed by atoms with van der Waals surface area (Å²) in [7, 11) is 0. The number of β-amino-alcohol motifs (C(OH)–C–C–N with tert-alkyl or cyclic N) is 1.